The quantitative estimate of drug-likeness (QED) is 0.639. The lowest BCUT2D eigenvalue weighted by Crippen LogP contribution is -2.25. The Morgan fingerprint density at radius 3 is 2.68 bits per heavy atom. The molecule has 0 radical (unpaired) electrons. The highest BCUT2D eigenvalue weighted by Crippen LogP contribution is 2.39. The van der Waals surface area contributed by atoms with E-state index in [1.54, 1.807) is 6.07 Å². The molecular weight excluding hydrogens is 322 g/mol. The van der Waals surface area contributed by atoms with Crippen molar-refractivity contribution in [2.75, 3.05) is 17.2 Å². The third kappa shape index (κ3) is 3.55. The van der Waals surface area contributed by atoms with Crippen molar-refractivity contribution < 1.29 is 14.5 Å². The number of ether oxygens (including phenoxy) is 1. The number of carbonyl (C=O) groups is 1. The summed E-state index contributed by atoms with van der Waals surface area (Å²) in [5.74, 6) is 0.0207. The minimum absolute atomic E-state index is 0.0908. The van der Waals surface area contributed by atoms with Gasteiger partial charge < -0.3 is 15.4 Å². The number of amides is 1. The number of anilines is 2. The largest absolute Gasteiger partial charge is 0.481 e. The number of hydrogen-bond donors (Lipinski definition) is 2. The highest BCUT2D eigenvalue weighted by atomic mass is 16.6. The van der Waals surface area contributed by atoms with Gasteiger partial charge in [0.15, 0.2) is 12.4 Å². The first-order chi connectivity index (χ1) is 12.0. The molecule has 3 rings (SSSR count). The van der Waals surface area contributed by atoms with Gasteiger partial charge >= 0.3 is 0 Å². The van der Waals surface area contributed by atoms with Crippen LogP contribution in [0.15, 0.2) is 36.4 Å². The summed E-state index contributed by atoms with van der Waals surface area (Å²) in [6, 6.07) is 10.8. The zero-order valence-electron chi connectivity index (χ0n) is 14.0. The molecule has 0 bridgehead atoms. The lowest BCUT2D eigenvalue weighted by molar-refractivity contribution is -0.384. The number of hydrogen-bond acceptors (Lipinski definition) is 5. The topological polar surface area (TPSA) is 93.5 Å². The summed E-state index contributed by atoms with van der Waals surface area (Å²) in [6.07, 6.45) is 0.956. The molecule has 1 heterocycles. The number of carbonyl (C=O) groups excluding carboxylic acids is 1. The van der Waals surface area contributed by atoms with Crippen LogP contribution in [-0.4, -0.2) is 17.4 Å². The molecule has 2 aromatic carbocycles. The summed E-state index contributed by atoms with van der Waals surface area (Å²) in [5.41, 5.74) is 2.92. The number of nitrogens with zero attached hydrogens (tertiary/aromatic N) is 1. The van der Waals surface area contributed by atoms with Crippen LogP contribution < -0.4 is 15.4 Å². The summed E-state index contributed by atoms with van der Waals surface area (Å²) in [5, 5.41) is 17.2. The van der Waals surface area contributed by atoms with Crippen molar-refractivity contribution in [3.8, 4) is 5.75 Å². The first kappa shape index (κ1) is 16.8. The lowest BCUT2D eigenvalue weighted by atomic mass is 10.0. The van der Waals surface area contributed by atoms with Crippen LogP contribution in [0.4, 0.5) is 17.1 Å². The SMILES string of the molecule is CCc1ccc(C(C)Nc2cc3c(cc2[N+](=O)[O-])OCC(=O)N3)cc1. The molecule has 0 aliphatic carbocycles. The summed E-state index contributed by atoms with van der Waals surface area (Å²) in [7, 11) is 0. The van der Waals surface area contributed by atoms with Crippen LogP contribution in [0.3, 0.4) is 0 Å². The van der Waals surface area contributed by atoms with E-state index in [9.17, 15) is 14.9 Å². The van der Waals surface area contributed by atoms with Crippen molar-refractivity contribution in [1.29, 1.82) is 0 Å². The highest BCUT2D eigenvalue weighted by molar-refractivity contribution is 5.96. The predicted molar refractivity (Wildman–Crippen MR) is 95.1 cm³/mol. The van der Waals surface area contributed by atoms with Crippen LogP contribution in [0.25, 0.3) is 0 Å². The van der Waals surface area contributed by atoms with Gasteiger partial charge in [0.2, 0.25) is 0 Å². The van der Waals surface area contributed by atoms with Crippen molar-refractivity contribution >= 4 is 23.0 Å². The number of fused-ring (bicyclic) bond motifs is 1. The Balaban J connectivity index is 1.90. The Morgan fingerprint density at radius 1 is 1.32 bits per heavy atom. The van der Waals surface area contributed by atoms with E-state index in [4.69, 9.17) is 4.74 Å². The third-order valence-corrected chi connectivity index (χ3v) is 4.19. The van der Waals surface area contributed by atoms with E-state index in [1.807, 2.05) is 31.2 Å². The van der Waals surface area contributed by atoms with Crippen LogP contribution in [-0.2, 0) is 11.2 Å². The van der Waals surface area contributed by atoms with E-state index in [0.29, 0.717) is 17.1 Å². The molecule has 1 atom stereocenters. The van der Waals surface area contributed by atoms with E-state index >= 15 is 0 Å². The average molecular weight is 341 g/mol. The number of benzene rings is 2. The van der Waals surface area contributed by atoms with Crippen molar-refractivity contribution in [2.24, 2.45) is 0 Å². The molecular formula is C18H19N3O4. The Bertz CT molecular complexity index is 818. The minimum atomic E-state index is -0.463. The van der Waals surface area contributed by atoms with E-state index in [-0.39, 0.29) is 24.2 Å². The fourth-order valence-corrected chi connectivity index (χ4v) is 2.74. The second kappa shape index (κ2) is 6.80. The number of rotatable bonds is 5. The molecule has 1 unspecified atom stereocenters. The maximum absolute atomic E-state index is 11.5. The van der Waals surface area contributed by atoms with Gasteiger partial charge in [0, 0.05) is 6.04 Å². The molecule has 1 amide bonds. The van der Waals surface area contributed by atoms with Crippen LogP contribution >= 0.6 is 0 Å². The maximum Gasteiger partial charge on any atom is 0.296 e. The molecule has 1 aliphatic rings. The van der Waals surface area contributed by atoms with Crippen LogP contribution in [0, 0.1) is 10.1 Å². The van der Waals surface area contributed by atoms with E-state index < -0.39 is 4.92 Å². The van der Waals surface area contributed by atoms with Crippen molar-refractivity contribution in [2.45, 2.75) is 26.3 Å². The first-order valence-electron chi connectivity index (χ1n) is 8.08. The summed E-state index contributed by atoms with van der Waals surface area (Å²) >= 11 is 0. The molecule has 7 heteroatoms. The fourth-order valence-electron chi connectivity index (χ4n) is 2.74. The first-order valence-corrected chi connectivity index (χ1v) is 8.08. The van der Waals surface area contributed by atoms with Crippen LogP contribution in [0.1, 0.15) is 31.0 Å². The van der Waals surface area contributed by atoms with E-state index in [1.165, 1.54) is 11.6 Å². The van der Waals surface area contributed by atoms with Gasteiger partial charge in [0.05, 0.1) is 16.7 Å². The van der Waals surface area contributed by atoms with Gasteiger partial charge in [-0.15, -0.1) is 0 Å². The Hall–Kier alpha value is -3.09. The Labute approximate surface area is 145 Å². The van der Waals surface area contributed by atoms with Gasteiger partial charge in [-0.05, 0) is 30.5 Å². The van der Waals surface area contributed by atoms with Gasteiger partial charge in [-0.3, -0.25) is 14.9 Å². The smallest absolute Gasteiger partial charge is 0.296 e. The minimum Gasteiger partial charge on any atom is -0.481 e. The van der Waals surface area contributed by atoms with Crippen LogP contribution in [0.5, 0.6) is 5.75 Å². The van der Waals surface area contributed by atoms with Gasteiger partial charge in [0.1, 0.15) is 5.69 Å². The third-order valence-electron chi connectivity index (χ3n) is 4.19. The van der Waals surface area contributed by atoms with E-state index in [2.05, 4.69) is 17.6 Å². The van der Waals surface area contributed by atoms with Crippen LogP contribution in [0.2, 0.25) is 0 Å². The lowest BCUT2D eigenvalue weighted by Gasteiger charge is -2.21. The molecule has 0 saturated heterocycles. The maximum atomic E-state index is 11.5. The molecule has 0 spiro atoms. The van der Waals surface area contributed by atoms with E-state index in [0.717, 1.165) is 12.0 Å². The second-order valence-electron chi connectivity index (χ2n) is 5.92. The van der Waals surface area contributed by atoms with Gasteiger partial charge in [-0.1, -0.05) is 31.2 Å². The molecule has 0 aromatic heterocycles. The molecule has 130 valence electrons. The monoisotopic (exact) mass is 341 g/mol. The normalized spacial score (nSPS) is 14.1. The molecule has 2 N–H and O–H groups in total. The average Bonchev–Trinajstić information content (AvgIpc) is 2.60. The second-order valence-corrected chi connectivity index (χ2v) is 5.92. The number of nitrogens with one attached hydrogen (secondary N) is 2. The molecule has 25 heavy (non-hydrogen) atoms. The molecule has 1 aliphatic heterocycles. The highest BCUT2D eigenvalue weighted by Gasteiger charge is 2.24. The molecule has 2 aromatic rings. The number of nitro benzene ring substituents is 1. The molecule has 0 fully saturated rings. The summed E-state index contributed by atoms with van der Waals surface area (Å²) in [4.78, 5) is 22.4. The van der Waals surface area contributed by atoms with Crippen molar-refractivity contribution in [3.63, 3.8) is 0 Å². The number of nitro groups is 1. The van der Waals surface area contributed by atoms with Crippen molar-refractivity contribution in [1.82, 2.24) is 0 Å². The van der Waals surface area contributed by atoms with Gasteiger partial charge in [-0.2, -0.15) is 0 Å². The van der Waals surface area contributed by atoms with Crippen molar-refractivity contribution in [3.05, 3.63) is 57.6 Å². The predicted octanol–water partition coefficient (Wildman–Crippen LogP) is 3.66. The molecule has 0 saturated carbocycles. The summed E-state index contributed by atoms with van der Waals surface area (Å²) < 4.78 is 5.25. The zero-order valence-corrected chi connectivity index (χ0v) is 14.0. The standard InChI is InChI=1S/C18H19N3O4/c1-3-12-4-6-13(7-5-12)11(2)19-14-8-15-17(9-16(14)21(23)24)25-10-18(22)20-15/h4-9,11,19H,3,10H2,1-2H3,(H,20,22). The Morgan fingerprint density at radius 2 is 2.04 bits per heavy atom. The Kier molecular flexibility index (Phi) is 4.56. The van der Waals surface area contributed by atoms with Gasteiger partial charge in [-0.25, -0.2) is 0 Å². The number of aryl methyl sites for hydroxylation is 1. The zero-order chi connectivity index (χ0) is 18.0. The van der Waals surface area contributed by atoms with Gasteiger partial charge in [0.25, 0.3) is 11.6 Å². The molecule has 7 nitrogen and oxygen atoms in total. The fraction of sp³-hybridized carbons (Fsp3) is 0.278. The summed E-state index contributed by atoms with van der Waals surface area (Å²) in [6.45, 7) is 3.87.